The summed E-state index contributed by atoms with van der Waals surface area (Å²) in [6, 6.07) is 5.81. The van der Waals surface area contributed by atoms with Gasteiger partial charge in [0.25, 0.3) is 0 Å². The number of aryl methyl sites for hydroxylation is 2. The Morgan fingerprint density at radius 3 is 2.57 bits per heavy atom. The van der Waals surface area contributed by atoms with Gasteiger partial charge in [0, 0.05) is 40.5 Å². The molecule has 2 N–H and O–H groups in total. The maximum absolute atomic E-state index is 6.30. The van der Waals surface area contributed by atoms with Gasteiger partial charge in [-0.25, -0.2) is 0 Å². The monoisotopic (exact) mass is 304 g/mol. The number of nitrogens with zero attached hydrogens (tertiary/aromatic N) is 1. The SMILES string of the molecule is COc1c(C)cnc(CC(N)c2ccc(C)c(Cl)c2)c1C. The lowest BCUT2D eigenvalue weighted by atomic mass is 9.98. The first-order valence-corrected chi connectivity index (χ1v) is 7.32. The maximum atomic E-state index is 6.30. The van der Waals surface area contributed by atoms with Crippen LogP contribution in [-0.4, -0.2) is 12.1 Å². The number of aromatic nitrogens is 1. The number of pyridine rings is 1. The summed E-state index contributed by atoms with van der Waals surface area (Å²) in [6.07, 6.45) is 2.48. The first kappa shape index (κ1) is 15.8. The summed E-state index contributed by atoms with van der Waals surface area (Å²) in [4.78, 5) is 4.50. The van der Waals surface area contributed by atoms with Gasteiger partial charge in [0.2, 0.25) is 0 Å². The van der Waals surface area contributed by atoms with Crippen LogP contribution in [0.1, 0.15) is 34.0 Å². The lowest BCUT2D eigenvalue weighted by Crippen LogP contribution is -2.15. The average Bonchev–Trinajstić information content (AvgIpc) is 2.45. The highest BCUT2D eigenvalue weighted by Crippen LogP contribution is 2.27. The van der Waals surface area contributed by atoms with E-state index in [0.717, 1.165) is 38.7 Å². The first-order chi connectivity index (χ1) is 9.93. The van der Waals surface area contributed by atoms with Crippen LogP contribution in [0, 0.1) is 20.8 Å². The zero-order valence-corrected chi connectivity index (χ0v) is 13.7. The van der Waals surface area contributed by atoms with E-state index in [-0.39, 0.29) is 6.04 Å². The molecule has 0 bridgehead atoms. The van der Waals surface area contributed by atoms with Gasteiger partial charge in [0.05, 0.1) is 7.11 Å². The fourth-order valence-corrected chi connectivity index (χ4v) is 2.63. The Balaban J connectivity index is 2.27. The Kier molecular flexibility index (Phi) is 4.86. The van der Waals surface area contributed by atoms with E-state index < -0.39 is 0 Å². The van der Waals surface area contributed by atoms with Crippen molar-refractivity contribution in [2.45, 2.75) is 33.2 Å². The summed E-state index contributed by atoms with van der Waals surface area (Å²) in [5, 5.41) is 0.745. The number of halogens is 1. The van der Waals surface area contributed by atoms with Gasteiger partial charge < -0.3 is 10.5 Å². The van der Waals surface area contributed by atoms with Crippen LogP contribution in [0.3, 0.4) is 0 Å². The quantitative estimate of drug-likeness (QED) is 0.931. The van der Waals surface area contributed by atoms with Gasteiger partial charge >= 0.3 is 0 Å². The van der Waals surface area contributed by atoms with Gasteiger partial charge in [-0.15, -0.1) is 0 Å². The molecular formula is C17H21ClN2O. The largest absolute Gasteiger partial charge is 0.496 e. The van der Waals surface area contributed by atoms with Gasteiger partial charge in [-0.3, -0.25) is 4.98 Å². The van der Waals surface area contributed by atoms with Crippen LogP contribution in [0.25, 0.3) is 0 Å². The molecule has 2 rings (SSSR count). The second-order valence-electron chi connectivity index (χ2n) is 5.37. The normalized spacial score (nSPS) is 12.3. The van der Waals surface area contributed by atoms with Crippen molar-refractivity contribution < 1.29 is 4.74 Å². The molecule has 0 aliphatic carbocycles. The van der Waals surface area contributed by atoms with E-state index in [9.17, 15) is 0 Å². The molecule has 0 saturated carbocycles. The highest BCUT2D eigenvalue weighted by Gasteiger charge is 2.14. The molecule has 0 spiro atoms. The van der Waals surface area contributed by atoms with Crippen LogP contribution in [0.5, 0.6) is 5.75 Å². The van der Waals surface area contributed by atoms with E-state index in [1.165, 1.54) is 0 Å². The van der Waals surface area contributed by atoms with Crippen LogP contribution in [-0.2, 0) is 6.42 Å². The van der Waals surface area contributed by atoms with Gasteiger partial charge in [0.1, 0.15) is 5.75 Å². The third-order valence-corrected chi connectivity index (χ3v) is 4.19. The third kappa shape index (κ3) is 3.36. The van der Waals surface area contributed by atoms with E-state index in [0.29, 0.717) is 6.42 Å². The van der Waals surface area contributed by atoms with Crippen molar-refractivity contribution in [1.82, 2.24) is 4.98 Å². The molecule has 4 heteroatoms. The van der Waals surface area contributed by atoms with Crippen LogP contribution >= 0.6 is 11.6 Å². The van der Waals surface area contributed by atoms with Crippen molar-refractivity contribution in [2.24, 2.45) is 5.73 Å². The topological polar surface area (TPSA) is 48.1 Å². The molecule has 1 aromatic heterocycles. The number of benzene rings is 1. The van der Waals surface area contributed by atoms with E-state index in [2.05, 4.69) is 4.98 Å². The second-order valence-corrected chi connectivity index (χ2v) is 5.77. The minimum absolute atomic E-state index is 0.137. The van der Waals surface area contributed by atoms with E-state index in [1.54, 1.807) is 7.11 Å². The molecule has 0 saturated heterocycles. The lowest BCUT2D eigenvalue weighted by molar-refractivity contribution is 0.406. The summed E-state index contributed by atoms with van der Waals surface area (Å²) < 4.78 is 5.44. The van der Waals surface area contributed by atoms with Gasteiger partial charge in [-0.2, -0.15) is 0 Å². The number of hydrogen-bond acceptors (Lipinski definition) is 3. The highest BCUT2D eigenvalue weighted by molar-refractivity contribution is 6.31. The van der Waals surface area contributed by atoms with Gasteiger partial charge in [-0.1, -0.05) is 23.7 Å². The molecule has 1 aromatic carbocycles. The van der Waals surface area contributed by atoms with Gasteiger partial charge in [0.15, 0.2) is 0 Å². The number of rotatable bonds is 4. The molecular weight excluding hydrogens is 284 g/mol. The summed E-state index contributed by atoms with van der Waals surface area (Å²) in [6.45, 7) is 5.99. The Labute approximate surface area is 131 Å². The summed E-state index contributed by atoms with van der Waals surface area (Å²) in [5.41, 5.74) is 11.4. The molecule has 0 radical (unpaired) electrons. The Morgan fingerprint density at radius 2 is 1.95 bits per heavy atom. The summed E-state index contributed by atoms with van der Waals surface area (Å²) >= 11 is 6.17. The smallest absolute Gasteiger partial charge is 0.128 e. The summed E-state index contributed by atoms with van der Waals surface area (Å²) in [7, 11) is 1.68. The number of hydrogen-bond donors (Lipinski definition) is 1. The number of methoxy groups -OCH3 is 1. The second kappa shape index (κ2) is 6.46. The van der Waals surface area contributed by atoms with E-state index >= 15 is 0 Å². The molecule has 0 aliphatic rings. The van der Waals surface area contributed by atoms with Crippen molar-refractivity contribution in [3.8, 4) is 5.75 Å². The predicted octanol–water partition coefficient (Wildman–Crippen LogP) is 3.91. The zero-order chi connectivity index (χ0) is 15.6. The molecule has 1 atom stereocenters. The maximum Gasteiger partial charge on any atom is 0.128 e. The standard InChI is InChI=1S/C17H21ClN2O/c1-10-5-6-13(7-14(10)18)15(19)8-16-12(3)17(21-4)11(2)9-20-16/h5-7,9,15H,8,19H2,1-4H3. The molecule has 2 aromatic rings. The third-order valence-electron chi connectivity index (χ3n) is 3.79. The van der Waals surface area contributed by atoms with Crippen molar-refractivity contribution in [3.63, 3.8) is 0 Å². The molecule has 3 nitrogen and oxygen atoms in total. The van der Waals surface area contributed by atoms with Crippen molar-refractivity contribution in [1.29, 1.82) is 0 Å². The molecule has 21 heavy (non-hydrogen) atoms. The average molecular weight is 305 g/mol. The zero-order valence-electron chi connectivity index (χ0n) is 12.9. The minimum Gasteiger partial charge on any atom is -0.496 e. The highest BCUT2D eigenvalue weighted by atomic mass is 35.5. The lowest BCUT2D eigenvalue weighted by Gasteiger charge is -2.16. The number of ether oxygens (including phenoxy) is 1. The van der Waals surface area contributed by atoms with Crippen LogP contribution in [0.2, 0.25) is 5.02 Å². The van der Waals surface area contributed by atoms with Gasteiger partial charge in [-0.05, 0) is 38.0 Å². The summed E-state index contributed by atoms with van der Waals surface area (Å²) in [5.74, 6) is 0.883. The van der Waals surface area contributed by atoms with E-state index in [1.807, 2.05) is 45.2 Å². The molecule has 112 valence electrons. The molecule has 0 amide bonds. The van der Waals surface area contributed by atoms with Crippen LogP contribution in [0.15, 0.2) is 24.4 Å². The van der Waals surface area contributed by atoms with Crippen molar-refractivity contribution >= 4 is 11.6 Å². The van der Waals surface area contributed by atoms with Crippen LogP contribution < -0.4 is 10.5 Å². The molecule has 1 unspecified atom stereocenters. The Morgan fingerprint density at radius 1 is 1.24 bits per heavy atom. The minimum atomic E-state index is -0.137. The van der Waals surface area contributed by atoms with Crippen LogP contribution in [0.4, 0.5) is 0 Å². The Bertz CT molecular complexity index is 655. The molecule has 1 heterocycles. The Hall–Kier alpha value is -1.58. The van der Waals surface area contributed by atoms with E-state index in [4.69, 9.17) is 22.1 Å². The first-order valence-electron chi connectivity index (χ1n) is 6.94. The number of nitrogens with two attached hydrogens (primary N) is 1. The van der Waals surface area contributed by atoms with Crippen molar-refractivity contribution in [2.75, 3.05) is 7.11 Å². The van der Waals surface area contributed by atoms with Crippen molar-refractivity contribution in [3.05, 3.63) is 57.4 Å². The fourth-order valence-electron chi connectivity index (χ4n) is 2.44. The fraction of sp³-hybridized carbons (Fsp3) is 0.353. The molecule has 0 aliphatic heterocycles. The predicted molar refractivity (Wildman–Crippen MR) is 87.1 cm³/mol. The molecule has 0 fully saturated rings.